The number of carbonyl (C=O) groups is 1. The molecule has 124 valence electrons. The Balaban J connectivity index is 2.19. The van der Waals surface area contributed by atoms with Crippen LogP contribution in [0.1, 0.15) is 0 Å². The van der Waals surface area contributed by atoms with Gasteiger partial charge in [0, 0.05) is 6.07 Å². The number of nitrogens with two attached hydrogens (primary N) is 1. The van der Waals surface area contributed by atoms with Crippen LogP contribution in [-0.4, -0.2) is 37.6 Å². The van der Waals surface area contributed by atoms with E-state index >= 15 is 0 Å². The second-order valence-electron chi connectivity index (χ2n) is 5.72. The lowest BCUT2D eigenvalue weighted by Gasteiger charge is -2.35. The van der Waals surface area contributed by atoms with Gasteiger partial charge >= 0.3 is 12.1 Å². The number of hydrogen-bond donors (Lipinski definition) is 1. The number of nitrogen functional groups attached to an aromatic ring is 1. The number of nitro benzene ring substituents is 1. The van der Waals surface area contributed by atoms with Crippen LogP contribution in [0, 0.1) is 10.1 Å². The molecule has 2 aromatic carbocycles. The van der Waals surface area contributed by atoms with Gasteiger partial charge in [0.25, 0.3) is 0 Å². The van der Waals surface area contributed by atoms with E-state index in [1.807, 2.05) is 18.2 Å². The Morgan fingerprint density at radius 2 is 1.79 bits per heavy atom. The molecule has 1 fully saturated rings. The van der Waals surface area contributed by atoms with Gasteiger partial charge in [-0.1, -0.05) is 30.3 Å². The third-order valence-electron chi connectivity index (χ3n) is 4.41. The summed E-state index contributed by atoms with van der Waals surface area (Å²) in [7, 11) is 0. The lowest BCUT2D eigenvalue weighted by Crippen LogP contribution is -2.55. The zero-order chi connectivity index (χ0) is 17.2. The molecule has 0 aliphatic carbocycles. The summed E-state index contributed by atoms with van der Waals surface area (Å²) < 4.78 is 5.26. The number of amides is 1. The minimum Gasteiger partial charge on any atom is -0.388 e. The molecule has 2 N–H and O–H groups in total. The first kappa shape index (κ1) is 16.1. The molecule has 0 spiro atoms. The van der Waals surface area contributed by atoms with Crippen LogP contribution in [0.5, 0.6) is 0 Å². The van der Waals surface area contributed by atoms with E-state index in [4.69, 9.17) is 10.5 Å². The number of hydrogen-bond acceptors (Lipinski definition) is 5. The molecule has 1 amide bonds. The smallest absolute Gasteiger partial charge is 0.306 e. The Morgan fingerprint density at radius 3 is 2.38 bits per heavy atom. The molecule has 3 rings (SSSR count). The zero-order valence-corrected chi connectivity index (χ0v) is 13.1. The van der Waals surface area contributed by atoms with Crippen molar-refractivity contribution in [2.24, 2.45) is 0 Å². The molecular weight excluding hydrogens is 310 g/mol. The summed E-state index contributed by atoms with van der Waals surface area (Å²) in [6.07, 6.45) is 0.792. The maximum Gasteiger partial charge on any atom is 0.306 e. The molecule has 24 heavy (non-hydrogen) atoms. The molecule has 0 radical (unpaired) electrons. The Morgan fingerprint density at radius 1 is 1.12 bits per heavy atom. The van der Waals surface area contributed by atoms with Gasteiger partial charge in [-0.2, -0.15) is 0 Å². The van der Waals surface area contributed by atoms with E-state index in [0.29, 0.717) is 43.1 Å². The molecule has 7 heteroatoms. The fourth-order valence-corrected chi connectivity index (χ4v) is 3.10. The number of rotatable bonds is 4. The van der Waals surface area contributed by atoms with Crippen molar-refractivity contribution in [2.75, 3.05) is 32.0 Å². The Labute approximate surface area is 139 Å². The Hall–Kier alpha value is -2.77. The highest BCUT2D eigenvalue weighted by atomic mass is 16.6. The van der Waals surface area contributed by atoms with Gasteiger partial charge in [0.15, 0.2) is 11.4 Å². The van der Waals surface area contributed by atoms with Crippen LogP contribution in [-0.2, 0) is 9.53 Å². The highest BCUT2D eigenvalue weighted by molar-refractivity contribution is 5.91. The van der Waals surface area contributed by atoms with E-state index in [-0.39, 0.29) is 15.9 Å². The number of quaternary nitrogens is 1. The standard InChI is InChI=1S/C17H18N3O4/c18-16-15(20(12-21)8-10-24-11-9-20)7-6-14(17(16)19(22)23)13-4-2-1-3-5-13/h1-7,12H,8-11,18H2/q+1. The van der Waals surface area contributed by atoms with Crippen molar-refractivity contribution in [3.63, 3.8) is 0 Å². The van der Waals surface area contributed by atoms with Crippen LogP contribution in [0.2, 0.25) is 0 Å². The van der Waals surface area contributed by atoms with Gasteiger partial charge in [0.05, 0.1) is 23.7 Å². The molecule has 0 atom stereocenters. The second-order valence-corrected chi connectivity index (χ2v) is 5.72. The van der Waals surface area contributed by atoms with Crippen molar-refractivity contribution < 1.29 is 14.5 Å². The quantitative estimate of drug-likeness (QED) is 0.305. The van der Waals surface area contributed by atoms with E-state index in [0.717, 1.165) is 6.41 Å². The molecule has 2 aromatic rings. The Bertz CT molecular complexity index is 771. The number of nitro groups is 1. The highest BCUT2D eigenvalue weighted by Gasteiger charge is 2.38. The predicted molar refractivity (Wildman–Crippen MR) is 91.4 cm³/mol. The van der Waals surface area contributed by atoms with Crippen LogP contribution >= 0.6 is 0 Å². The SMILES string of the molecule is Nc1c([N+]2(C=O)CCOCC2)ccc(-c2ccccc2)c1[N+](=O)[O-]. The molecule has 1 aliphatic heterocycles. The first-order valence-electron chi connectivity index (χ1n) is 7.63. The number of carbonyl (C=O) groups excluding carboxylic acids is 1. The minimum atomic E-state index is -0.483. The number of nitrogens with zero attached hydrogens (tertiary/aromatic N) is 2. The van der Waals surface area contributed by atoms with Crippen LogP contribution < -0.4 is 10.2 Å². The lowest BCUT2D eigenvalue weighted by atomic mass is 10.0. The zero-order valence-electron chi connectivity index (χ0n) is 13.1. The molecule has 0 saturated carbocycles. The summed E-state index contributed by atoms with van der Waals surface area (Å²) >= 11 is 0. The Kier molecular flexibility index (Phi) is 4.28. The molecule has 0 aromatic heterocycles. The van der Waals surface area contributed by atoms with Gasteiger partial charge in [-0.3, -0.25) is 10.1 Å². The molecule has 1 saturated heterocycles. The van der Waals surface area contributed by atoms with E-state index in [1.54, 1.807) is 24.3 Å². The van der Waals surface area contributed by atoms with Crippen molar-refractivity contribution in [1.82, 2.24) is 4.48 Å². The minimum absolute atomic E-state index is 0.0374. The first-order valence-corrected chi connectivity index (χ1v) is 7.63. The largest absolute Gasteiger partial charge is 0.388 e. The predicted octanol–water partition coefficient (Wildman–Crippen LogP) is 2.34. The van der Waals surface area contributed by atoms with Crippen molar-refractivity contribution >= 4 is 23.5 Å². The van der Waals surface area contributed by atoms with Crippen LogP contribution in [0.3, 0.4) is 0 Å². The summed E-state index contributed by atoms with van der Waals surface area (Å²) in [5, 5.41) is 11.6. The van der Waals surface area contributed by atoms with Crippen LogP contribution in [0.25, 0.3) is 11.1 Å². The third-order valence-corrected chi connectivity index (χ3v) is 4.41. The first-order chi connectivity index (χ1) is 11.6. The monoisotopic (exact) mass is 328 g/mol. The molecular formula is C17H18N3O4+. The van der Waals surface area contributed by atoms with Gasteiger partial charge in [0.1, 0.15) is 13.1 Å². The van der Waals surface area contributed by atoms with E-state index in [9.17, 15) is 14.9 Å². The molecule has 1 heterocycles. The maximum absolute atomic E-state index is 11.8. The van der Waals surface area contributed by atoms with E-state index in [2.05, 4.69) is 0 Å². The van der Waals surface area contributed by atoms with Crippen molar-refractivity contribution in [3.05, 3.63) is 52.6 Å². The van der Waals surface area contributed by atoms with Gasteiger partial charge < -0.3 is 10.5 Å². The summed E-state index contributed by atoms with van der Waals surface area (Å²) in [5.41, 5.74) is 7.64. The fourth-order valence-electron chi connectivity index (χ4n) is 3.10. The molecule has 7 nitrogen and oxygen atoms in total. The van der Waals surface area contributed by atoms with Crippen molar-refractivity contribution in [2.45, 2.75) is 0 Å². The van der Waals surface area contributed by atoms with Crippen LogP contribution in [0.15, 0.2) is 42.5 Å². The average Bonchev–Trinajstić information content (AvgIpc) is 2.62. The summed E-state index contributed by atoms with van der Waals surface area (Å²) in [4.78, 5) is 22.9. The number of benzene rings is 2. The van der Waals surface area contributed by atoms with Gasteiger partial charge in [-0.05, 0) is 11.6 Å². The van der Waals surface area contributed by atoms with E-state index < -0.39 is 4.92 Å². The topological polar surface area (TPSA) is 95.5 Å². The van der Waals surface area contributed by atoms with Crippen LogP contribution in [0.4, 0.5) is 17.1 Å². The number of anilines is 1. The summed E-state index contributed by atoms with van der Waals surface area (Å²) in [6.45, 7) is 1.64. The number of morpholine rings is 1. The normalized spacial score (nSPS) is 16.5. The molecule has 1 aliphatic rings. The molecule has 0 unspecified atom stereocenters. The summed E-state index contributed by atoms with van der Waals surface area (Å²) in [6, 6.07) is 12.4. The van der Waals surface area contributed by atoms with Gasteiger partial charge in [0.2, 0.25) is 0 Å². The lowest BCUT2D eigenvalue weighted by molar-refractivity contribution is -0.383. The third kappa shape index (κ3) is 2.64. The maximum atomic E-state index is 11.8. The molecule has 0 bridgehead atoms. The number of ether oxygens (including phenoxy) is 1. The van der Waals surface area contributed by atoms with Gasteiger partial charge in [-0.25, -0.2) is 9.28 Å². The second kappa shape index (κ2) is 6.38. The van der Waals surface area contributed by atoms with Gasteiger partial charge in [-0.15, -0.1) is 0 Å². The van der Waals surface area contributed by atoms with Crippen molar-refractivity contribution in [1.29, 1.82) is 0 Å². The highest BCUT2D eigenvalue weighted by Crippen LogP contribution is 2.42. The van der Waals surface area contributed by atoms with Crippen molar-refractivity contribution in [3.8, 4) is 11.1 Å². The summed E-state index contributed by atoms with van der Waals surface area (Å²) in [5.74, 6) is 0. The average molecular weight is 328 g/mol. The van der Waals surface area contributed by atoms with E-state index in [1.165, 1.54) is 0 Å². The fraction of sp³-hybridized carbons (Fsp3) is 0.235.